The van der Waals surface area contributed by atoms with Gasteiger partial charge in [-0.05, 0) is 66.9 Å². The number of benzene rings is 2. The first-order valence-corrected chi connectivity index (χ1v) is 15.0. The second-order valence-corrected chi connectivity index (χ2v) is 11.2. The van der Waals surface area contributed by atoms with Crippen molar-refractivity contribution < 1.29 is 23.5 Å². The highest BCUT2D eigenvalue weighted by Crippen LogP contribution is 2.33. The van der Waals surface area contributed by atoms with Gasteiger partial charge in [-0.2, -0.15) is 0 Å². The molecular weight excluding hydrogens is 544 g/mol. The number of piperazine rings is 1. The number of ether oxygens (including phenoxy) is 2. The van der Waals surface area contributed by atoms with Gasteiger partial charge < -0.3 is 28.3 Å². The summed E-state index contributed by atoms with van der Waals surface area (Å²) in [5.74, 6) is 2.59. The van der Waals surface area contributed by atoms with E-state index >= 15 is 0 Å². The Hall–Kier alpha value is -4.50. The number of nitrogens with zero attached hydrogens (tertiary/aromatic N) is 4. The Morgan fingerprint density at radius 1 is 0.884 bits per heavy atom. The van der Waals surface area contributed by atoms with Crippen molar-refractivity contribution in [1.29, 1.82) is 0 Å². The molecular formula is C34H38N4O5. The largest absolute Gasteiger partial charge is 0.454 e. The SMILES string of the molecule is CCCN(Cc1cccn1Cc1ccc(C(=O)N2CCN(Cc3ccc4c(c3)OCO4)CC2)o1)C(=O)c1ccccc1C. The first kappa shape index (κ1) is 28.6. The Bertz CT molecular complexity index is 1580. The number of fused-ring (bicyclic) bond motifs is 1. The third kappa shape index (κ3) is 6.46. The molecule has 0 radical (unpaired) electrons. The molecule has 1 saturated heterocycles. The van der Waals surface area contributed by atoms with E-state index in [9.17, 15) is 9.59 Å². The van der Waals surface area contributed by atoms with Crippen molar-refractivity contribution in [2.45, 2.75) is 39.9 Å². The van der Waals surface area contributed by atoms with Crippen LogP contribution in [0.15, 0.2) is 77.3 Å². The predicted octanol–water partition coefficient (Wildman–Crippen LogP) is 5.18. The molecule has 0 spiro atoms. The van der Waals surface area contributed by atoms with E-state index in [0.717, 1.165) is 54.4 Å². The zero-order valence-corrected chi connectivity index (χ0v) is 24.8. The van der Waals surface area contributed by atoms with Crippen LogP contribution in [0.5, 0.6) is 11.5 Å². The van der Waals surface area contributed by atoms with Crippen molar-refractivity contribution in [3.05, 3.63) is 107 Å². The zero-order valence-electron chi connectivity index (χ0n) is 24.8. The van der Waals surface area contributed by atoms with E-state index in [1.54, 1.807) is 6.07 Å². The summed E-state index contributed by atoms with van der Waals surface area (Å²) in [5, 5.41) is 0. The van der Waals surface area contributed by atoms with Crippen LogP contribution in [0.25, 0.3) is 0 Å². The van der Waals surface area contributed by atoms with Crippen LogP contribution in [0.4, 0.5) is 0 Å². The van der Waals surface area contributed by atoms with Gasteiger partial charge in [-0.1, -0.05) is 31.2 Å². The third-order valence-corrected chi connectivity index (χ3v) is 8.13. The molecule has 2 aromatic heterocycles. The van der Waals surface area contributed by atoms with Crippen LogP contribution < -0.4 is 9.47 Å². The van der Waals surface area contributed by atoms with Crippen molar-refractivity contribution in [3.63, 3.8) is 0 Å². The molecule has 2 aromatic carbocycles. The number of aromatic nitrogens is 1. The Morgan fingerprint density at radius 2 is 1.70 bits per heavy atom. The van der Waals surface area contributed by atoms with E-state index in [0.29, 0.717) is 44.2 Å². The van der Waals surface area contributed by atoms with Gasteiger partial charge in [0.1, 0.15) is 5.76 Å². The van der Waals surface area contributed by atoms with Gasteiger partial charge in [-0.3, -0.25) is 14.5 Å². The van der Waals surface area contributed by atoms with Gasteiger partial charge in [0.25, 0.3) is 11.8 Å². The monoisotopic (exact) mass is 582 g/mol. The highest BCUT2D eigenvalue weighted by Gasteiger charge is 2.25. The number of carbonyl (C=O) groups is 2. The minimum absolute atomic E-state index is 0.0366. The second kappa shape index (κ2) is 12.8. The van der Waals surface area contributed by atoms with Gasteiger partial charge in [0.2, 0.25) is 6.79 Å². The molecule has 0 unspecified atom stereocenters. The topological polar surface area (TPSA) is 80.4 Å². The van der Waals surface area contributed by atoms with E-state index in [4.69, 9.17) is 13.9 Å². The van der Waals surface area contributed by atoms with Gasteiger partial charge >= 0.3 is 0 Å². The molecule has 6 rings (SSSR count). The molecule has 0 atom stereocenters. The summed E-state index contributed by atoms with van der Waals surface area (Å²) in [6.45, 7) is 9.63. The molecule has 0 aliphatic carbocycles. The highest BCUT2D eigenvalue weighted by molar-refractivity contribution is 5.95. The first-order chi connectivity index (χ1) is 21.0. The van der Waals surface area contributed by atoms with Crippen molar-refractivity contribution >= 4 is 11.8 Å². The van der Waals surface area contributed by atoms with Gasteiger partial charge in [-0.25, -0.2) is 0 Å². The van der Waals surface area contributed by atoms with E-state index in [-0.39, 0.29) is 18.6 Å². The molecule has 0 N–H and O–H groups in total. The van der Waals surface area contributed by atoms with Crippen molar-refractivity contribution in [2.75, 3.05) is 39.5 Å². The molecule has 9 nitrogen and oxygen atoms in total. The van der Waals surface area contributed by atoms with Crippen LogP contribution in [-0.2, 0) is 19.6 Å². The Morgan fingerprint density at radius 3 is 2.51 bits per heavy atom. The number of furan rings is 1. The smallest absolute Gasteiger partial charge is 0.289 e. The van der Waals surface area contributed by atoms with Crippen LogP contribution in [0.2, 0.25) is 0 Å². The fourth-order valence-electron chi connectivity index (χ4n) is 5.76. The summed E-state index contributed by atoms with van der Waals surface area (Å²) in [6, 6.07) is 21.4. The van der Waals surface area contributed by atoms with Gasteiger partial charge in [-0.15, -0.1) is 0 Å². The summed E-state index contributed by atoms with van der Waals surface area (Å²) in [7, 11) is 0. The van der Waals surface area contributed by atoms with Crippen molar-refractivity contribution in [1.82, 2.24) is 19.3 Å². The average Bonchev–Trinajstić information content (AvgIpc) is 3.79. The molecule has 4 heterocycles. The molecule has 9 heteroatoms. The standard InChI is InChI=1S/C34H38N4O5/c1-3-14-38(33(39)29-9-5-4-7-25(29)2)22-27-8-6-15-37(27)23-28-11-13-31(43-28)34(40)36-18-16-35(17-19-36)21-26-10-12-30-32(20-26)42-24-41-30/h4-13,15,20H,3,14,16-19,21-24H2,1-2H3. The Balaban J connectivity index is 1.04. The summed E-state index contributed by atoms with van der Waals surface area (Å²) in [4.78, 5) is 32.7. The van der Waals surface area contributed by atoms with Gasteiger partial charge in [0.15, 0.2) is 17.3 Å². The minimum atomic E-state index is -0.0837. The molecule has 0 saturated carbocycles. The van der Waals surface area contributed by atoms with Crippen molar-refractivity contribution in [3.8, 4) is 11.5 Å². The summed E-state index contributed by atoms with van der Waals surface area (Å²) in [6.07, 6.45) is 2.86. The lowest BCUT2D eigenvalue weighted by Gasteiger charge is -2.34. The first-order valence-electron chi connectivity index (χ1n) is 15.0. The molecule has 43 heavy (non-hydrogen) atoms. The Labute approximate surface area is 252 Å². The molecule has 2 aliphatic heterocycles. The maximum atomic E-state index is 13.4. The predicted molar refractivity (Wildman–Crippen MR) is 162 cm³/mol. The van der Waals surface area contributed by atoms with E-state index < -0.39 is 0 Å². The third-order valence-electron chi connectivity index (χ3n) is 8.13. The fourth-order valence-corrected chi connectivity index (χ4v) is 5.76. The van der Waals surface area contributed by atoms with Crippen LogP contribution in [-0.4, -0.2) is 70.6 Å². The van der Waals surface area contributed by atoms with Gasteiger partial charge in [0, 0.05) is 56.7 Å². The van der Waals surface area contributed by atoms with Crippen LogP contribution in [0, 0.1) is 6.92 Å². The molecule has 1 fully saturated rings. The maximum Gasteiger partial charge on any atom is 0.289 e. The van der Waals surface area contributed by atoms with Gasteiger partial charge in [0.05, 0.1) is 13.1 Å². The van der Waals surface area contributed by atoms with E-state index in [1.807, 2.05) is 77.5 Å². The number of carbonyl (C=O) groups excluding carboxylic acids is 2. The van der Waals surface area contributed by atoms with Crippen molar-refractivity contribution in [2.24, 2.45) is 0 Å². The van der Waals surface area contributed by atoms with E-state index in [2.05, 4.69) is 22.5 Å². The molecule has 224 valence electrons. The summed E-state index contributed by atoms with van der Waals surface area (Å²) >= 11 is 0. The number of aryl methyl sites for hydroxylation is 1. The minimum Gasteiger partial charge on any atom is -0.454 e. The zero-order chi connectivity index (χ0) is 29.8. The number of rotatable bonds is 10. The number of hydrogen-bond donors (Lipinski definition) is 0. The van der Waals surface area contributed by atoms with Crippen LogP contribution in [0.3, 0.4) is 0 Å². The highest BCUT2D eigenvalue weighted by atomic mass is 16.7. The van der Waals surface area contributed by atoms with E-state index in [1.165, 1.54) is 5.56 Å². The maximum absolute atomic E-state index is 13.4. The normalized spacial score (nSPS) is 14.7. The average molecular weight is 583 g/mol. The lowest BCUT2D eigenvalue weighted by atomic mass is 10.1. The fraction of sp³-hybridized carbons (Fsp3) is 0.353. The number of amides is 2. The number of hydrogen-bond acceptors (Lipinski definition) is 6. The molecule has 2 amide bonds. The molecule has 2 aliphatic rings. The summed E-state index contributed by atoms with van der Waals surface area (Å²) in [5.41, 5.74) is 3.89. The summed E-state index contributed by atoms with van der Waals surface area (Å²) < 4.78 is 19.0. The lowest BCUT2D eigenvalue weighted by molar-refractivity contribution is 0.0595. The molecule has 0 bridgehead atoms. The van der Waals surface area contributed by atoms with Crippen LogP contribution >= 0.6 is 0 Å². The van der Waals surface area contributed by atoms with Crippen LogP contribution in [0.1, 0.15) is 56.8 Å². The second-order valence-electron chi connectivity index (χ2n) is 11.2. The Kier molecular flexibility index (Phi) is 8.51. The quantitative estimate of drug-likeness (QED) is 0.257. The lowest BCUT2D eigenvalue weighted by Crippen LogP contribution is -2.48. The molecule has 4 aromatic rings.